The van der Waals surface area contributed by atoms with Crippen molar-refractivity contribution in [2.24, 2.45) is 0 Å². The van der Waals surface area contributed by atoms with E-state index in [-0.39, 0.29) is 23.9 Å². The van der Waals surface area contributed by atoms with E-state index in [0.29, 0.717) is 0 Å². The van der Waals surface area contributed by atoms with Crippen LogP contribution in [-0.4, -0.2) is 13.5 Å². The maximum absolute atomic E-state index is 9.33. The number of aliphatic hydroxyl groups is 1. The van der Waals surface area contributed by atoms with Crippen molar-refractivity contribution in [2.75, 3.05) is 0 Å². The average Bonchev–Trinajstić information content (AvgIpc) is 2.05. The van der Waals surface area contributed by atoms with Gasteiger partial charge >= 0.3 is 0 Å². The minimum Gasteiger partial charge on any atom is -0.388 e. The van der Waals surface area contributed by atoms with Crippen molar-refractivity contribution in [3.63, 3.8) is 0 Å². The van der Waals surface area contributed by atoms with E-state index >= 15 is 0 Å². The van der Waals surface area contributed by atoms with Crippen molar-refractivity contribution in [1.82, 2.24) is 0 Å². The molecular weight excluding hydrogens is 173 g/mol. The van der Waals surface area contributed by atoms with Crippen LogP contribution in [-0.2, 0) is 0 Å². The summed E-state index contributed by atoms with van der Waals surface area (Å²) in [7, 11) is 0. The minimum atomic E-state index is -0.291. The molecule has 0 aliphatic carbocycles. The first-order valence-electron chi connectivity index (χ1n) is 3.57. The zero-order valence-corrected chi connectivity index (χ0v) is 6.93. The highest BCUT2D eigenvalue weighted by atomic mass is 19.0. The Kier molecular flexibility index (Phi) is 12.7. The zero-order valence-electron chi connectivity index (χ0n) is 6.93. The third-order valence-electron chi connectivity index (χ3n) is 1.57. The molecule has 0 radical (unpaired) electrons. The van der Waals surface area contributed by atoms with Crippen molar-refractivity contribution >= 4 is 8.41 Å². The van der Waals surface area contributed by atoms with Gasteiger partial charge < -0.3 is 5.11 Å². The molecule has 0 amide bonds. The maximum atomic E-state index is 9.33. The molecule has 1 N–H and O–H groups in total. The molecule has 0 saturated heterocycles. The largest absolute Gasteiger partial charge is 0.388 e. The molecule has 0 aliphatic rings. The molecule has 1 unspecified atom stereocenters. The van der Waals surface area contributed by atoms with Gasteiger partial charge in [-0.3, -0.25) is 9.41 Å². The highest BCUT2D eigenvalue weighted by Gasteiger charge is 2.00. The fourth-order valence-corrected chi connectivity index (χ4v) is 0.911. The molecular formula is C9H17BF2O. The van der Waals surface area contributed by atoms with E-state index in [2.05, 4.69) is 0 Å². The third kappa shape index (κ3) is 5.36. The first-order valence-corrected chi connectivity index (χ1v) is 3.57. The van der Waals surface area contributed by atoms with Crippen molar-refractivity contribution in [2.45, 2.75) is 19.4 Å². The van der Waals surface area contributed by atoms with E-state index in [4.69, 9.17) is 0 Å². The maximum Gasteiger partial charge on any atom is 0.0814 e. The summed E-state index contributed by atoms with van der Waals surface area (Å²) >= 11 is 0. The number of benzene rings is 1. The SMILES string of the molecule is B.CCC(O)c1ccccc1.F.F. The minimum absolute atomic E-state index is 0. The number of halogens is 2. The summed E-state index contributed by atoms with van der Waals surface area (Å²) in [6.45, 7) is 1.97. The van der Waals surface area contributed by atoms with E-state index < -0.39 is 0 Å². The third-order valence-corrected chi connectivity index (χ3v) is 1.57. The molecule has 0 fully saturated rings. The lowest BCUT2D eigenvalue weighted by Gasteiger charge is -2.05. The summed E-state index contributed by atoms with van der Waals surface area (Å²) in [5.74, 6) is 0. The van der Waals surface area contributed by atoms with Gasteiger partial charge in [-0.05, 0) is 12.0 Å². The predicted molar refractivity (Wildman–Crippen MR) is 56.6 cm³/mol. The van der Waals surface area contributed by atoms with Crippen LogP contribution >= 0.6 is 0 Å². The Morgan fingerprint density at radius 2 is 1.62 bits per heavy atom. The van der Waals surface area contributed by atoms with Crippen LogP contribution < -0.4 is 0 Å². The Balaban J connectivity index is -0.000000333. The van der Waals surface area contributed by atoms with E-state index in [0.717, 1.165) is 12.0 Å². The highest BCUT2D eigenvalue weighted by Crippen LogP contribution is 2.14. The summed E-state index contributed by atoms with van der Waals surface area (Å²) in [6.07, 6.45) is 0.491. The molecule has 13 heavy (non-hydrogen) atoms. The lowest BCUT2D eigenvalue weighted by atomic mass is 10.1. The van der Waals surface area contributed by atoms with E-state index in [1.165, 1.54) is 0 Å². The fraction of sp³-hybridized carbons (Fsp3) is 0.333. The van der Waals surface area contributed by atoms with Crippen LogP contribution in [0.4, 0.5) is 9.41 Å². The van der Waals surface area contributed by atoms with E-state index in [1.54, 1.807) is 0 Å². The fourth-order valence-electron chi connectivity index (χ4n) is 0.911. The molecule has 0 aliphatic heterocycles. The smallest absolute Gasteiger partial charge is 0.0814 e. The Bertz CT molecular complexity index is 194. The summed E-state index contributed by atoms with van der Waals surface area (Å²) < 4.78 is 0. The molecule has 1 nitrogen and oxygen atoms in total. The molecule has 4 heteroatoms. The van der Waals surface area contributed by atoms with Crippen LogP contribution in [0.15, 0.2) is 30.3 Å². The van der Waals surface area contributed by atoms with Crippen molar-refractivity contribution in [3.8, 4) is 0 Å². The van der Waals surface area contributed by atoms with Crippen LogP contribution in [0.2, 0.25) is 0 Å². The number of hydrogen-bond acceptors (Lipinski definition) is 1. The van der Waals surface area contributed by atoms with Gasteiger partial charge in [0.05, 0.1) is 14.5 Å². The Labute approximate surface area is 79.1 Å². The lowest BCUT2D eigenvalue weighted by Crippen LogP contribution is -1.93. The van der Waals surface area contributed by atoms with Crippen molar-refractivity contribution < 1.29 is 14.5 Å². The van der Waals surface area contributed by atoms with Crippen molar-refractivity contribution in [1.29, 1.82) is 0 Å². The Hall–Kier alpha value is -0.895. The molecule has 0 bridgehead atoms. The monoisotopic (exact) mass is 190 g/mol. The molecule has 0 aromatic heterocycles. The predicted octanol–water partition coefficient (Wildman–Crippen LogP) is 1.25. The summed E-state index contributed by atoms with van der Waals surface area (Å²) in [5, 5.41) is 9.33. The van der Waals surface area contributed by atoms with Gasteiger partial charge in [0.2, 0.25) is 0 Å². The van der Waals surface area contributed by atoms with Gasteiger partial charge in [-0.15, -0.1) is 0 Å². The van der Waals surface area contributed by atoms with Crippen LogP contribution in [0.25, 0.3) is 0 Å². The zero-order chi connectivity index (χ0) is 7.40. The quantitative estimate of drug-likeness (QED) is 0.696. The molecule has 1 atom stereocenters. The van der Waals surface area contributed by atoms with Crippen LogP contribution in [0, 0.1) is 0 Å². The summed E-state index contributed by atoms with van der Waals surface area (Å²) in [6, 6.07) is 9.70. The van der Waals surface area contributed by atoms with Crippen molar-refractivity contribution in [3.05, 3.63) is 35.9 Å². The topological polar surface area (TPSA) is 20.2 Å². The molecule has 76 valence electrons. The number of hydrogen-bond donors (Lipinski definition) is 1. The van der Waals surface area contributed by atoms with E-state index in [9.17, 15) is 5.11 Å². The van der Waals surface area contributed by atoms with Gasteiger partial charge in [0.15, 0.2) is 0 Å². The molecule has 0 spiro atoms. The number of rotatable bonds is 2. The molecule has 1 rings (SSSR count). The second-order valence-electron chi connectivity index (χ2n) is 2.33. The Morgan fingerprint density at radius 1 is 1.15 bits per heavy atom. The molecule has 1 aromatic rings. The van der Waals surface area contributed by atoms with Crippen LogP contribution in [0.3, 0.4) is 0 Å². The van der Waals surface area contributed by atoms with Gasteiger partial charge in [-0.2, -0.15) is 0 Å². The highest BCUT2D eigenvalue weighted by molar-refractivity contribution is 5.75. The molecule has 1 aromatic carbocycles. The molecule has 0 heterocycles. The second kappa shape index (κ2) is 9.19. The van der Waals surface area contributed by atoms with Gasteiger partial charge in [-0.25, -0.2) is 0 Å². The number of aliphatic hydroxyl groups excluding tert-OH is 1. The van der Waals surface area contributed by atoms with E-state index in [1.807, 2.05) is 37.3 Å². The molecule has 0 saturated carbocycles. The standard InChI is InChI=1S/C9H12O.BH3.2FH/c1-2-9(10)8-6-4-3-5-7-8;;;/h3-7,9-10H,2H2,1H3;1H3;2*1H. The summed E-state index contributed by atoms with van der Waals surface area (Å²) in [4.78, 5) is 0. The van der Waals surface area contributed by atoms with Gasteiger partial charge in [0, 0.05) is 0 Å². The second-order valence-corrected chi connectivity index (χ2v) is 2.33. The first-order chi connectivity index (χ1) is 4.84. The lowest BCUT2D eigenvalue weighted by molar-refractivity contribution is 0.173. The van der Waals surface area contributed by atoms with Crippen LogP contribution in [0.1, 0.15) is 25.0 Å². The normalized spacial score (nSPS) is 10.0. The summed E-state index contributed by atoms with van der Waals surface area (Å²) in [5.41, 5.74) is 1.00. The van der Waals surface area contributed by atoms with Crippen LogP contribution in [0.5, 0.6) is 0 Å². The Morgan fingerprint density at radius 3 is 2.00 bits per heavy atom. The van der Waals surface area contributed by atoms with Gasteiger partial charge in [0.25, 0.3) is 0 Å². The first kappa shape index (κ1) is 18.0. The van der Waals surface area contributed by atoms with Gasteiger partial charge in [0.1, 0.15) is 0 Å². The average molecular weight is 190 g/mol. The van der Waals surface area contributed by atoms with Gasteiger partial charge in [-0.1, -0.05) is 37.3 Å².